The Morgan fingerprint density at radius 1 is 1.25 bits per heavy atom. The summed E-state index contributed by atoms with van der Waals surface area (Å²) in [5, 5.41) is 6.65. The fraction of sp³-hybridized carbons (Fsp3) is 0.933. The lowest BCUT2D eigenvalue weighted by Gasteiger charge is -2.12. The summed E-state index contributed by atoms with van der Waals surface area (Å²) >= 11 is 0. The molecule has 5 nitrogen and oxygen atoms in total. The highest BCUT2D eigenvalue weighted by Gasteiger charge is 2.20. The number of aliphatic imine (C=N–C) groups is 1. The van der Waals surface area contributed by atoms with E-state index in [1.165, 1.54) is 12.8 Å². The van der Waals surface area contributed by atoms with E-state index in [1.54, 1.807) is 0 Å². The summed E-state index contributed by atoms with van der Waals surface area (Å²) in [6.07, 6.45) is 4.86. The molecule has 2 N–H and O–H groups in total. The van der Waals surface area contributed by atoms with E-state index in [4.69, 9.17) is 9.47 Å². The summed E-state index contributed by atoms with van der Waals surface area (Å²) in [4.78, 5) is 4.59. The summed E-state index contributed by atoms with van der Waals surface area (Å²) in [5.41, 5.74) is 0. The maximum atomic E-state index is 5.69. The third kappa shape index (κ3) is 6.57. The quantitative estimate of drug-likeness (QED) is 0.381. The van der Waals surface area contributed by atoms with Gasteiger partial charge in [-0.25, -0.2) is 0 Å². The minimum Gasteiger partial charge on any atom is -0.381 e. The van der Waals surface area contributed by atoms with Gasteiger partial charge in [0.05, 0.1) is 13.2 Å². The van der Waals surface area contributed by atoms with Crippen LogP contribution in [0.15, 0.2) is 4.99 Å². The Balaban J connectivity index is 1.47. The highest BCUT2D eigenvalue weighted by atomic mass is 16.5. The number of nitrogens with one attached hydrogen (secondary N) is 2. The SMILES string of the molecule is CCNC(=NCC1CC1)NCCCOCC1CCOC1. The van der Waals surface area contributed by atoms with Crippen molar-refractivity contribution in [3.63, 3.8) is 0 Å². The van der Waals surface area contributed by atoms with Gasteiger partial charge in [-0.15, -0.1) is 0 Å². The molecular weight excluding hydrogens is 254 g/mol. The van der Waals surface area contributed by atoms with Gasteiger partial charge in [-0.1, -0.05) is 0 Å². The predicted octanol–water partition coefficient (Wildman–Crippen LogP) is 1.39. The highest BCUT2D eigenvalue weighted by molar-refractivity contribution is 5.79. The van der Waals surface area contributed by atoms with E-state index in [0.717, 1.165) is 70.8 Å². The molecular formula is C15H29N3O2. The van der Waals surface area contributed by atoms with Crippen molar-refractivity contribution in [2.75, 3.05) is 46.1 Å². The second-order valence-corrected chi connectivity index (χ2v) is 5.75. The van der Waals surface area contributed by atoms with Crippen molar-refractivity contribution in [2.24, 2.45) is 16.8 Å². The van der Waals surface area contributed by atoms with Gasteiger partial charge in [-0.3, -0.25) is 4.99 Å². The average molecular weight is 283 g/mol. The summed E-state index contributed by atoms with van der Waals surface area (Å²) in [5.74, 6) is 2.39. The van der Waals surface area contributed by atoms with E-state index >= 15 is 0 Å². The first-order chi connectivity index (χ1) is 9.88. The summed E-state index contributed by atoms with van der Waals surface area (Å²) < 4.78 is 11.0. The third-order valence-corrected chi connectivity index (χ3v) is 3.68. The van der Waals surface area contributed by atoms with Crippen molar-refractivity contribution >= 4 is 5.96 Å². The van der Waals surface area contributed by atoms with Gasteiger partial charge in [0.25, 0.3) is 0 Å². The van der Waals surface area contributed by atoms with Crippen LogP contribution in [0, 0.1) is 11.8 Å². The first kappa shape index (κ1) is 15.6. The number of hydrogen-bond donors (Lipinski definition) is 2. The second-order valence-electron chi connectivity index (χ2n) is 5.75. The Hall–Kier alpha value is -0.810. The number of rotatable bonds is 9. The number of guanidine groups is 1. The van der Waals surface area contributed by atoms with Crippen LogP contribution < -0.4 is 10.6 Å². The van der Waals surface area contributed by atoms with Crippen molar-refractivity contribution in [3.05, 3.63) is 0 Å². The zero-order valence-electron chi connectivity index (χ0n) is 12.7. The summed E-state index contributed by atoms with van der Waals surface area (Å²) in [6.45, 7) is 8.32. The molecule has 1 aliphatic carbocycles. The van der Waals surface area contributed by atoms with E-state index in [1.807, 2.05) is 0 Å². The van der Waals surface area contributed by atoms with Crippen LogP contribution in [-0.4, -0.2) is 52.0 Å². The highest BCUT2D eigenvalue weighted by Crippen LogP contribution is 2.28. The van der Waals surface area contributed by atoms with Gasteiger partial charge < -0.3 is 20.1 Å². The number of hydrogen-bond acceptors (Lipinski definition) is 3. The van der Waals surface area contributed by atoms with Crippen LogP contribution in [0.5, 0.6) is 0 Å². The largest absolute Gasteiger partial charge is 0.381 e. The van der Waals surface area contributed by atoms with Crippen LogP contribution in [-0.2, 0) is 9.47 Å². The third-order valence-electron chi connectivity index (χ3n) is 3.68. The van der Waals surface area contributed by atoms with Crippen LogP contribution in [0.2, 0.25) is 0 Å². The summed E-state index contributed by atoms with van der Waals surface area (Å²) in [6, 6.07) is 0. The van der Waals surface area contributed by atoms with Crippen LogP contribution >= 0.6 is 0 Å². The molecule has 1 atom stereocenters. The van der Waals surface area contributed by atoms with Crippen LogP contribution in [0.25, 0.3) is 0 Å². The molecule has 0 bridgehead atoms. The molecule has 0 aromatic heterocycles. The van der Waals surface area contributed by atoms with E-state index in [9.17, 15) is 0 Å². The molecule has 2 fully saturated rings. The standard InChI is InChI=1S/C15H29N3O2/c1-2-16-15(18-10-13-4-5-13)17-7-3-8-19-11-14-6-9-20-12-14/h13-14H,2-12H2,1H3,(H2,16,17,18). The van der Waals surface area contributed by atoms with Gasteiger partial charge in [0.1, 0.15) is 0 Å². The van der Waals surface area contributed by atoms with Crippen molar-refractivity contribution in [1.29, 1.82) is 0 Å². The zero-order chi connectivity index (χ0) is 14.0. The van der Waals surface area contributed by atoms with Gasteiger partial charge >= 0.3 is 0 Å². The Morgan fingerprint density at radius 3 is 2.85 bits per heavy atom. The lowest BCUT2D eigenvalue weighted by atomic mass is 10.1. The molecule has 20 heavy (non-hydrogen) atoms. The molecule has 5 heteroatoms. The minimum atomic E-state index is 0.611. The Labute approximate surface area is 122 Å². The van der Waals surface area contributed by atoms with E-state index < -0.39 is 0 Å². The van der Waals surface area contributed by atoms with E-state index in [2.05, 4.69) is 22.5 Å². The Bertz CT molecular complexity index is 287. The monoisotopic (exact) mass is 283 g/mol. The lowest BCUT2D eigenvalue weighted by Crippen LogP contribution is -2.38. The van der Waals surface area contributed by atoms with Crippen LogP contribution in [0.1, 0.15) is 32.6 Å². The first-order valence-corrected chi connectivity index (χ1v) is 8.06. The Kier molecular flexibility index (Phi) is 7.15. The molecule has 1 unspecified atom stereocenters. The van der Waals surface area contributed by atoms with Gasteiger partial charge in [-0.2, -0.15) is 0 Å². The van der Waals surface area contributed by atoms with Crippen molar-refractivity contribution < 1.29 is 9.47 Å². The smallest absolute Gasteiger partial charge is 0.191 e. The fourth-order valence-electron chi connectivity index (χ4n) is 2.21. The van der Waals surface area contributed by atoms with E-state index in [-0.39, 0.29) is 0 Å². The van der Waals surface area contributed by atoms with Gasteiger partial charge in [-0.05, 0) is 38.5 Å². The number of nitrogens with zero attached hydrogens (tertiary/aromatic N) is 1. The molecule has 2 aliphatic rings. The molecule has 0 aromatic carbocycles. The Morgan fingerprint density at radius 2 is 2.15 bits per heavy atom. The molecule has 116 valence electrons. The van der Waals surface area contributed by atoms with Crippen LogP contribution in [0.3, 0.4) is 0 Å². The van der Waals surface area contributed by atoms with Crippen molar-refractivity contribution in [3.8, 4) is 0 Å². The van der Waals surface area contributed by atoms with Gasteiger partial charge in [0, 0.05) is 38.8 Å². The summed E-state index contributed by atoms with van der Waals surface area (Å²) in [7, 11) is 0. The predicted molar refractivity (Wildman–Crippen MR) is 81.1 cm³/mol. The fourth-order valence-corrected chi connectivity index (χ4v) is 2.21. The number of ether oxygens (including phenoxy) is 2. The van der Waals surface area contributed by atoms with Crippen LogP contribution in [0.4, 0.5) is 0 Å². The van der Waals surface area contributed by atoms with E-state index in [0.29, 0.717) is 5.92 Å². The average Bonchev–Trinajstić information content (AvgIpc) is 3.14. The maximum Gasteiger partial charge on any atom is 0.191 e. The molecule has 1 heterocycles. The molecule has 0 amide bonds. The first-order valence-electron chi connectivity index (χ1n) is 8.06. The van der Waals surface area contributed by atoms with Gasteiger partial charge in [0.15, 0.2) is 5.96 Å². The molecule has 0 aromatic rings. The van der Waals surface area contributed by atoms with Crippen molar-refractivity contribution in [1.82, 2.24) is 10.6 Å². The second kappa shape index (κ2) is 9.19. The molecule has 0 spiro atoms. The zero-order valence-corrected chi connectivity index (χ0v) is 12.7. The van der Waals surface area contributed by atoms with Crippen molar-refractivity contribution in [2.45, 2.75) is 32.6 Å². The van der Waals surface area contributed by atoms with Gasteiger partial charge in [0.2, 0.25) is 0 Å². The molecule has 1 saturated heterocycles. The molecule has 1 aliphatic heterocycles. The molecule has 0 radical (unpaired) electrons. The minimum absolute atomic E-state index is 0.611. The molecule has 2 rings (SSSR count). The maximum absolute atomic E-state index is 5.69. The normalized spacial score (nSPS) is 23.1. The topological polar surface area (TPSA) is 54.9 Å². The molecule has 1 saturated carbocycles. The lowest BCUT2D eigenvalue weighted by molar-refractivity contribution is 0.0888.